The molecule has 3 nitrogen and oxygen atoms in total. The van der Waals surface area contributed by atoms with Gasteiger partial charge in [0.15, 0.2) is 0 Å². The lowest BCUT2D eigenvalue weighted by molar-refractivity contribution is -0.135. The quantitative estimate of drug-likeness (QED) is 0.380. The van der Waals surface area contributed by atoms with E-state index >= 15 is 0 Å². The first-order valence-electron chi connectivity index (χ1n) is 8.44. The molecule has 124 valence electrons. The average Bonchev–Trinajstić information content (AvgIpc) is 3.08. The standard InChI is InChI=1S/C20H26O3/c1-3-4-5-6-10-13-18(20(21)22-2)17-14-19(23-15-17)16-11-8-7-9-12-16/h7-9,11-13,15,19H,3-6,10,14H2,1-2H3/b18-13-. The van der Waals surface area contributed by atoms with E-state index in [9.17, 15) is 4.79 Å². The lowest BCUT2D eigenvalue weighted by Gasteiger charge is -2.11. The van der Waals surface area contributed by atoms with Crippen LogP contribution in [0.5, 0.6) is 0 Å². The summed E-state index contributed by atoms with van der Waals surface area (Å²) in [6.45, 7) is 2.19. The van der Waals surface area contributed by atoms with Crippen molar-refractivity contribution in [2.24, 2.45) is 0 Å². The second kappa shape index (κ2) is 9.19. The zero-order chi connectivity index (χ0) is 16.5. The number of hydrogen-bond acceptors (Lipinski definition) is 3. The Bertz CT molecular complexity index is 558. The predicted molar refractivity (Wildman–Crippen MR) is 91.8 cm³/mol. The summed E-state index contributed by atoms with van der Waals surface area (Å²) in [6, 6.07) is 10.1. The van der Waals surface area contributed by atoms with E-state index in [1.165, 1.54) is 26.4 Å². The third-order valence-electron chi connectivity index (χ3n) is 4.11. The average molecular weight is 314 g/mol. The highest BCUT2D eigenvalue weighted by atomic mass is 16.5. The Morgan fingerprint density at radius 2 is 2.04 bits per heavy atom. The highest BCUT2D eigenvalue weighted by Gasteiger charge is 2.25. The van der Waals surface area contributed by atoms with Crippen LogP contribution < -0.4 is 0 Å². The minimum absolute atomic E-state index is 0.0145. The second-order valence-electron chi connectivity index (χ2n) is 5.84. The van der Waals surface area contributed by atoms with Gasteiger partial charge in [-0.1, -0.05) is 62.6 Å². The van der Waals surface area contributed by atoms with Crippen LogP contribution in [-0.4, -0.2) is 13.1 Å². The maximum atomic E-state index is 12.1. The number of rotatable bonds is 8. The Kier molecular flexibility index (Phi) is 6.92. The van der Waals surface area contributed by atoms with Crippen LogP contribution in [0.25, 0.3) is 0 Å². The molecule has 2 rings (SSSR count). The lowest BCUT2D eigenvalue weighted by Crippen LogP contribution is -2.07. The number of hydrogen-bond donors (Lipinski definition) is 0. The second-order valence-corrected chi connectivity index (χ2v) is 5.84. The summed E-state index contributed by atoms with van der Waals surface area (Å²) in [6.07, 6.45) is 10.1. The first kappa shape index (κ1) is 17.3. The van der Waals surface area contributed by atoms with Gasteiger partial charge in [0.25, 0.3) is 0 Å². The van der Waals surface area contributed by atoms with Gasteiger partial charge in [0.1, 0.15) is 6.10 Å². The third kappa shape index (κ3) is 4.98. The minimum atomic E-state index is -0.274. The molecule has 3 heteroatoms. The van der Waals surface area contributed by atoms with E-state index in [0.717, 1.165) is 24.0 Å². The van der Waals surface area contributed by atoms with Crippen LogP contribution in [0.2, 0.25) is 0 Å². The van der Waals surface area contributed by atoms with Crippen molar-refractivity contribution in [2.45, 2.75) is 51.6 Å². The van der Waals surface area contributed by atoms with Gasteiger partial charge in [0.2, 0.25) is 0 Å². The van der Waals surface area contributed by atoms with Crippen LogP contribution >= 0.6 is 0 Å². The fraction of sp³-hybridized carbons (Fsp3) is 0.450. The molecule has 23 heavy (non-hydrogen) atoms. The molecular formula is C20H26O3. The fourth-order valence-electron chi connectivity index (χ4n) is 2.77. The summed E-state index contributed by atoms with van der Waals surface area (Å²) in [5, 5.41) is 0. The minimum Gasteiger partial charge on any atom is -0.493 e. The zero-order valence-electron chi connectivity index (χ0n) is 14.1. The molecule has 0 fully saturated rings. The molecule has 1 aromatic carbocycles. The smallest absolute Gasteiger partial charge is 0.337 e. The van der Waals surface area contributed by atoms with Crippen LogP contribution in [0.3, 0.4) is 0 Å². The molecule has 1 atom stereocenters. The van der Waals surface area contributed by atoms with Gasteiger partial charge in [-0.05, 0) is 18.4 Å². The molecule has 1 aliphatic heterocycles. The number of allylic oxidation sites excluding steroid dienone is 1. The largest absolute Gasteiger partial charge is 0.493 e. The van der Waals surface area contributed by atoms with Crippen molar-refractivity contribution in [3.63, 3.8) is 0 Å². The lowest BCUT2D eigenvalue weighted by atomic mass is 9.97. The van der Waals surface area contributed by atoms with E-state index in [2.05, 4.69) is 6.92 Å². The molecule has 0 saturated heterocycles. The van der Waals surface area contributed by atoms with E-state index in [-0.39, 0.29) is 12.1 Å². The molecule has 0 saturated carbocycles. The maximum Gasteiger partial charge on any atom is 0.337 e. The highest BCUT2D eigenvalue weighted by Crippen LogP contribution is 2.35. The topological polar surface area (TPSA) is 35.5 Å². The fourth-order valence-corrected chi connectivity index (χ4v) is 2.77. The Hall–Kier alpha value is -2.03. The van der Waals surface area contributed by atoms with Crippen LogP contribution in [-0.2, 0) is 14.3 Å². The molecule has 1 aromatic rings. The normalized spacial score (nSPS) is 17.6. The summed E-state index contributed by atoms with van der Waals surface area (Å²) in [4.78, 5) is 12.1. The van der Waals surface area contributed by atoms with E-state index in [1.807, 2.05) is 36.4 Å². The van der Waals surface area contributed by atoms with E-state index in [1.54, 1.807) is 6.26 Å². The summed E-state index contributed by atoms with van der Waals surface area (Å²) >= 11 is 0. The van der Waals surface area contributed by atoms with Crippen molar-refractivity contribution in [2.75, 3.05) is 7.11 Å². The molecule has 0 aliphatic carbocycles. The van der Waals surface area contributed by atoms with Gasteiger partial charge < -0.3 is 9.47 Å². The molecule has 1 aliphatic rings. The third-order valence-corrected chi connectivity index (χ3v) is 4.11. The first-order chi connectivity index (χ1) is 11.3. The monoisotopic (exact) mass is 314 g/mol. The molecular weight excluding hydrogens is 288 g/mol. The first-order valence-corrected chi connectivity index (χ1v) is 8.44. The number of ether oxygens (including phenoxy) is 2. The number of unbranched alkanes of at least 4 members (excludes halogenated alkanes) is 4. The Morgan fingerprint density at radius 3 is 2.74 bits per heavy atom. The van der Waals surface area contributed by atoms with Crippen molar-refractivity contribution in [1.29, 1.82) is 0 Å². The summed E-state index contributed by atoms with van der Waals surface area (Å²) in [7, 11) is 1.43. The molecule has 0 spiro atoms. The Labute approximate surface area is 139 Å². The van der Waals surface area contributed by atoms with E-state index < -0.39 is 0 Å². The summed E-state index contributed by atoms with van der Waals surface area (Å²) in [5.41, 5.74) is 2.72. The van der Waals surface area contributed by atoms with Crippen LogP contribution in [0.1, 0.15) is 57.1 Å². The van der Waals surface area contributed by atoms with Crippen LogP contribution in [0, 0.1) is 0 Å². The molecule has 1 unspecified atom stereocenters. The molecule has 0 aromatic heterocycles. The summed E-state index contributed by atoms with van der Waals surface area (Å²) < 4.78 is 10.7. The van der Waals surface area contributed by atoms with E-state index in [4.69, 9.17) is 9.47 Å². The number of methoxy groups -OCH3 is 1. The zero-order valence-corrected chi connectivity index (χ0v) is 14.1. The number of benzene rings is 1. The van der Waals surface area contributed by atoms with Gasteiger partial charge in [-0.2, -0.15) is 0 Å². The number of carbonyl (C=O) groups excluding carboxylic acids is 1. The van der Waals surface area contributed by atoms with Crippen molar-refractivity contribution < 1.29 is 14.3 Å². The van der Waals surface area contributed by atoms with Crippen molar-refractivity contribution >= 4 is 5.97 Å². The SMILES string of the molecule is CCCCCC/C=C(\C(=O)OC)C1=COC(c2ccccc2)C1. The predicted octanol–water partition coefficient (Wildman–Crippen LogP) is 5.10. The van der Waals surface area contributed by atoms with Crippen LogP contribution in [0.4, 0.5) is 0 Å². The number of carbonyl (C=O) groups is 1. The molecule has 0 N–H and O–H groups in total. The number of esters is 1. The van der Waals surface area contributed by atoms with Gasteiger partial charge in [-0.3, -0.25) is 0 Å². The van der Waals surface area contributed by atoms with Crippen LogP contribution in [0.15, 0.2) is 53.8 Å². The van der Waals surface area contributed by atoms with Gasteiger partial charge in [-0.15, -0.1) is 0 Å². The molecule has 0 bridgehead atoms. The van der Waals surface area contributed by atoms with Gasteiger partial charge >= 0.3 is 5.97 Å². The highest BCUT2D eigenvalue weighted by molar-refractivity contribution is 5.93. The van der Waals surface area contributed by atoms with Gasteiger partial charge in [-0.25, -0.2) is 4.79 Å². The van der Waals surface area contributed by atoms with Crippen molar-refractivity contribution in [1.82, 2.24) is 0 Å². The molecule has 0 radical (unpaired) electrons. The van der Waals surface area contributed by atoms with Gasteiger partial charge in [0.05, 0.1) is 18.9 Å². The molecule has 0 amide bonds. The van der Waals surface area contributed by atoms with Crippen molar-refractivity contribution in [3.05, 3.63) is 59.4 Å². The molecule has 1 heterocycles. The van der Waals surface area contributed by atoms with E-state index in [0.29, 0.717) is 12.0 Å². The van der Waals surface area contributed by atoms with Gasteiger partial charge in [0, 0.05) is 12.0 Å². The van der Waals surface area contributed by atoms with Crippen molar-refractivity contribution in [3.8, 4) is 0 Å². The Balaban J connectivity index is 2.00. The maximum absolute atomic E-state index is 12.1. The summed E-state index contributed by atoms with van der Waals surface area (Å²) in [5.74, 6) is -0.274. The Morgan fingerprint density at radius 1 is 1.26 bits per heavy atom.